The van der Waals surface area contributed by atoms with Gasteiger partial charge in [-0.3, -0.25) is 14.8 Å². The van der Waals surface area contributed by atoms with Crippen LogP contribution in [-0.4, -0.2) is 53.7 Å². The lowest BCUT2D eigenvalue weighted by atomic mass is 9.77. The lowest BCUT2D eigenvalue weighted by Gasteiger charge is -2.28. The molecule has 0 aliphatic rings. The summed E-state index contributed by atoms with van der Waals surface area (Å²) in [5.74, 6) is -0.177. The topological polar surface area (TPSA) is 49.3 Å². The zero-order valence-corrected chi connectivity index (χ0v) is 23.3. The molecule has 5 heteroatoms. The molecule has 196 valence electrons. The number of nitrogens with zero attached hydrogens (tertiary/aromatic N) is 4. The Morgan fingerprint density at radius 2 is 1.14 bits per heavy atom. The van der Waals surface area contributed by atoms with E-state index >= 15 is 0 Å². The number of rotatable bonds is 16. The highest BCUT2D eigenvalue weighted by Gasteiger charge is 2.33. The summed E-state index contributed by atoms with van der Waals surface area (Å²) in [6.07, 6.45) is 16.0. The second kappa shape index (κ2) is 15.9. The standard InChI is InChI=1S/C31H46N4O/c1-7-9-11-17-25(27(23-34(3)4)29-19-13-15-21-32-29)31(36)26(18-12-10-8-2)28(24-35(5)6)30-20-14-16-22-33-30/h13-16,19-26H,7-12,17-18H2,1-6H3. The van der Waals surface area contributed by atoms with E-state index in [2.05, 4.69) is 36.2 Å². The van der Waals surface area contributed by atoms with Gasteiger partial charge in [0.25, 0.3) is 0 Å². The van der Waals surface area contributed by atoms with E-state index in [4.69, 9.17) is 0 Å². The van der Waals surface area contributed by atoms with Crippen molar-refractivity contribution in [3.05, 3.63) is 72.6 Å². The minimum atomic E-state index is -0.227. The molecule has 2 atom stereocenters. The van der Waals surface area contributed by atoms with Crippen molar-refractivity contribution in [2.24, 2.45) is 11.8 Å². The zero-order chi connectivity index (χ0) is 26.3. The van der Waals surface area contributed by atoms with E-state index in [9.17, 15) is 4.79 Å². The van der Waals surface area contributed by atoms with E-state index in [0.29, 0.717) is 0 Å². The van der Waals surface area contributed by atoms with Crippen LogP contribution >= 0.6 is 0 Å². The fourth-order valence-corrected chi connectivity index (χ4v) is 4.63. The molecular weight excluding hydrogens is 444 g/mol. The van der Waals surface area contributed by atoms with Crippen LogP contribution in [0.15, 0.2) is 61.2 Å². The first kappa shape index (κ1) is 29.3. The van der Waals surface area contributed by atoms with Gasteiger partial charge in [0.2, 0.25) is 0 Å². The molecule has 0 saturated carbocycles. The summed E-state index contributed by atoms with van der Waals surface area (Å²) >= 11 is 0. The lowest BCUT2D eigenvalue weighted by Crippen LogP contribution is -2.28. The van der Waals surface area contributed by atoms with Gasteiger partial charge in [-0.15, -0.1) is 0 Å². The molecule has 0 aliphatic carbocycles. The number of unbranched alkanes of at least 4 members (excludes halogenated alkanes) is 4. The van der Waals surface area contributed by atoms with Crippen molar-refractivity contribution in [2.75, 3.05) is 28.2 Å². The second-order valence-electron chi connectivity index (χ2n) is 10.0. The van der Waals surface area contributed by atoms with Gasteiger partial charge in [0.05, 0.1) is 11.4 Å². The first-order valence-electron chi connectivity index (χ1n) is 13.5. The molecule has 2 heterocycles. The summed E-state index contributed by atoms with van der Waals surface area (Å²) in [5, 5.41) is 0. The molecule has 2 unspecified atom stereocenters. The molecule has 5 nitrogen and oxygen atoms in total. The van der Waals surface area contributed by atoms with Crippen molar-refractivity contribution in [1.29, 1.82) is 0 Å². The third-order valence-corrected chi connectivity index (χ3v) is 6.35. The van der Waals surface area contributed by atoms with Crippen LogP contribution in [0.1, 0.15) is 76.6 Å². The Hall–Kier alpha value is -2.95. The largest absolute Gasteiger partial charge is 0.383 e. The van der Waals surface area contributed by atoms with E-state index in [1.54, 1.807) is 0 Å². The second-order valence-corrected chi connectivity index (χ2v) is 10.0. The minimum absolute atomic E-state index is 0.227. The van der Waals surface area contributed by atoms with Gasteiger partial charge in [-0.05, 0) is 37.1 Å². The fourth-order valence-electron chi connectivity index (χ4n) is 4.63. The third-order valence-electron chi connectivity index (χ3n) is 6.35. The third kappa shape index (κ3) is 9.25. The maximum absolute atomic E-state index is 14.7. The number of hydrogen-bond donors (Lipinski definition) is 0. The van der Waals surface area contributed by atoms with Crippen LogP contribution in [0.2, 0.25) is 0 Å². The van der Waals surface area contributed by atoms with Crippen molar-refractivity contribution >= 4 is 16.9 Å². The average molecular weight is 491 g/mol. The quantitative estimate of drug-likeness (QED) is 0.238. The first-order chi connectivity index (χ1) is 17.4. The molecule has 0 fully saturated rings. The molecule has 0 aliphatic heterocycles. The summed E-state index contributed by atoms with van der Waals surface area (Å²) in [4.78, 5) is 28.1. The van der Waals surface area contributed by atoms with Crippen molar-refractivity contribution in [3.8, 4) is 0 Å². The maximum Gasteiger partial charge on any atom is 0.148 e. The molecule has 0 saturated heterocycles. The Morgan fingerprint density at radius 3 is 1.44 bits per heavy atom. The van der Waals surface area contributed by atoms with Gasteiger partial charge in [-0.2, -0.15) is 0 Å². The summed E-state index contributed by atoms with van der Waals surface area (Å²) in [6.45, 7) is 4.41. The van der Waals surface area contributed by atoms with E-state index < -0.39 is 0 Å². The summed E-state index contributed by atoms with van der Waals surface area (Å²) in [5.41, 5.74) is 3.77. The Bertz CT molecular complexity index is 874. The molecule has 0 radical (unpaired) electrons. The van der Waals surface area contributed by atoms with Gasteiger partial charge in [0.1, 0.15) is 5.78 Å². The minimum Gasteiger partial charge on any atom is -0.383 e. The van der Waals surface area contributed by atoms with Crippen LogP contribution in [0.4, 0.5) is 0 Å². The molecular formula is C31H46N4O. The number of Topliss-reactive ketones (excluding diaryl/α,β-unsaturated/α-hetero) is 1. The van der Waals surface area contributed by atoms with Crippen molar-refractivity contribution < 1.29 is 4.79 Å². The Balaban J connectivity index is 2.62. The lowest BCUT2D eigenvalue weighted by molar-refractivity contribution is -0.123. The van der Waals surface area contributed by atoms with Crippen LogP contribution in [0.25, 0.3) is 11.1 Å². The monoisotopic (exact) mass is 490 g/mol. The van der Waals surface area contributed by atoms with Gasteiger partial charge < -0.3 is 9.80 Å². The van der Waals surface area contributed by atoms with E-state index in [-0.39, 0.29) is 17.6 Å². The predicted octanol–water partition coefficient (Wildman–Crippen LogP) is 6.94. The van der Waals surface area contributed by atoms with Gasteiger partial charge in [-0.25, -0.2) is 0 Å². The normalized spacial score (nSPS) is 13.8. The molecule has 0 N–H and O–H groups in total. The van der Waals surface area contributed by atoms with Crippen LogP contribution in [0, 0.1) is 11.8 Å². The summed E-state index contributed by atoms with van der Waals surface area (Å²) in [7, 11) is 8.06. The smallest absolute Gasteiger partial charge is 0.148 e. The molecule has 2 aromatic heterocycles. The predicted molar refractivity (Wildman–Crippen MR) is 152 cm³/mol. The molecule has 2 rings (SSSR count). The van der Waals surface area contributed by atoms with Gasteiger partial charge in [0, 0.05) is 76.0 Å². The van der Waals surface area contributed by atoms with Crippen molar-refractivity contribution in [3.63, 3.8) is 0 Å². The number of ketones is 1. The number of hydrogen-bond acceptors (Lipinski definition) is 5. The average Bonchev–Trinajstić information content (AvgIpc) is 2.87. The maximum atomic E-state index is 14.7. The Labute approximate surface area is 219 Å². The number of carbonyl (C=O) groups excluding carboxylic acids is 1. The highest BCUT2D eigenvalue weighted by Crippen LogP contribution is 2.36. The first-order valence-corrected chi connectivity index (χ1v) is 13.5. The van der Waals surface area contributed by atoms with Crippen LogP contribution < -0.4 is 0 Å². The summed E-state index contributed by atoms with van der Waals surface area (Å²) < 4.78 is 0. The number of carbonyl (C=O) groups is 1. The van der Waals surface area contributed by atoms with Crippen LogP contribution in [-0.2, 0) is 4.79 Å². The highest BCUT2D eigenvalue weighted by atomic mass is 16.1. The molecule has 0 spiro atoms. The molecule has 36 heavy (non-hydrogen) atoms. The number of pyridine rings is 2. The van der Waals surface area contributed by atoms with Crippen molar-refractivity contribution in [2.45, 2.75) is 65.2 Å². The molecule has 0 aromatic carbocycles. The SMILES string of the molecule is CCCCCC(C(=O)C(CCCCC)C(=CN(C)C)c1ccccn1)C(=CN(C)C)c1ccccn1. The molecule has 0 bridgehead atoms. The van der Waals surface area contributed by atoms with E-state index in [0.717, 1.165) is 73.9 Å². The summed E-state index contributed by atoms with van der Waals surface area (Å²) in [6, 6.07) is 11.9. The molecule has 2 aromatic rings. The van der Waals surface area contributed by atoms with Gasteiger partial charge in [0.15, 0.2) is 0 Å². The van der Waals surface area contributed by atoms with Gasteiger partial charge >= 0.3 is 0 Å². The Morgan fingerprint density at radius 1 is 0.722 bits per heavy atom. The van der Waals surface area contributed by atoms with E-state index in [1.165, 1.54) is 0 Å². The highest BCUT2D eigenvalue weighted by molar-refractivity contribution is 6.00. The number of aromatic nitrogens is 2. The Kier molecular flexibility index (Phi) is 13.0. The van der Waals surface area contributed by atoms with Gasteiger partial charge in [-0.1, -0.05) is 64.5 Å². The van der Waals surface area contributed by atoms with E-state index in [1.807, 2.05) is 86.8 Å². The van der Waals surface area contributed by atoms with Crippen LogP contribution in [0.5, 0.6) is 0 Å². The van der Waals surface area contributed by atoms with Crippen molar-refractivity contribution in [1.82, 2.24) is 19.8 Å². The fraction of sp³-hybridized carbons (Fsp3) is 0.516. The zero-order valence-electron chi connectivity index (χ0n) is 23.3. The van der Waals surface area contributed by atoms with Crippen LogP contribution in [0.3, 0.4) is 0 Å². The number of allylic oxidation sites excluding steroid dienone is 2. The molecule has 0 amide bonds.